The van der Waals surface area contributed by atoms with Gasteiger partial charge in [-0.05, 0) is 32.6 Å². The molecule has 6 N–H and O–H groups in total. The van der Waals surface area contributed by atoms with Gasteiger partial charge >= 0.3 is 5.97 Å². The maximum atomic E-state index is 12.9. The molecule has 0 aromatic carbocycles. The van der Waals surface area contributed by atoms with Crippen molar-refractivity contribution in [3.05, 3.63) is 0 Å². The normalized spacial score (nSPS) is 25.3. The minimum Gasteiger partial charge on any atom is -0.480 e. The number of nitrogens with two attached hydrogens (primary N) is 1. The molecular weight excluding hydrogens is 372 g/mol. The van der Waals surface area contributed by atoms with Crippen molar-refractivity contribution >= 4 is 23.7 Å². The summed E-state index contributed by atoms with van der Waals surface area (Å²) in [4.78, 5) is 51.7. The fourth-order valence-corrected chi connectivity index (χ4v) is 3.68. The molecule has 0 bridgehead atoms. The van der Waals surface area contributed by atoms with Crippen LogP contribution in [0, 0.1) is 0 Å². The van der Waals surface area contributed by atoms with Gasteiger partial charge in [0.05, 0.1) is 12.7 Å². The number of rotatable bonds is 7. The number of likely N-dealkylation sites (tertiary alicyclic amines) is 2. The first-order valence-corrected chi connectivity index (χ1v) is 9.37. The quantitative estimate of drug-likeness (QED) is 0.305. The first kappa shape index (κ1) is 22.1. The summed E-state index contributed by atoms with van der Waals surface area (Å²) in [6.45, 7) is 1.27. The highest BCUT2D eigenvalue weighted by Crippen LogP contribution is 2.25. The second-order valence-corrected chi connectivity index (χ2v) is 7.23. The third-order valence-corrected chi connectivity index (χ3v) is 5.22. The van der Waals surface area contributed by atoms with Gasteiger partial charge in [0.15, 0.2) is 0 Å². The Morgan fingerprint density at radius 1 is 1.11 bits per heavy atom. The zero-order valence-corrected chi connectivity index (χ0v) is 15.8. The van der Waals surface area contributed by atoms with E-state index in [4.69, 9.17) is 10.8 Å². The van der Waals surface area contributed by atoms with Crippen LogP contribution in [0.2, 0.25) is 0 Å². The summed E-state index contributed by atoms with van der Waals surface area (Å²) < 4.78 is 0. The summed E-state index contributed by atoms with van der Waals surface area (Å²) in [7, 11) is 0. The molecule has 3 amide bonds. The predicted molar refractivity (Wildman–Crippen MR) is 95.8 cm³/mol. The number of nitrogens with one attached hydrogen (secondary N) is 1. The lowest BCUT2D eigenvalue weighted by Crippen LogP contribution is -2.59. The van der Waals surface area contributed by atoms with Crippen molar-refractivity contribution in [3.8, 4) is 0 Å². The summed E-state index contributed by atoms with van der Waals surface area (Å²) in [6, 6.07) is -4.31. The summed E-state index contributed by atoms with van der Waals surface area (Å²) >= 11 is 0. The second kappa shape index (κ2) is 9.30. The lowest BCUT2D eigenvalue weighted by Gasteiger charge is -2.33. The van der Waals surface area contributed by atoms with Gasteiger partial charge in [0.25, 0.3) is 0 Å². The molecule has 0 aliphatic carbocycles. The van der Waals surface area contributed by atoms with Crippen LogP contribution >= 0.6 is 0 Å². The van der Waals surface area contributed by atoms with Crippen molar-refractivity contribution in [3.63, 3.8) is 0 Å². The van der Waals surface area contributed by atoms with Crippen molar-refractivity contribution in [2.75, 3.05) is 19.7 Å². The molecule has 0 aromatic rings. The van der Waals surface area contributed by atoms with Crippen LogP contribution in [0.15, 0.2) is 0 Å². The highest BCUT2D eigenvalue weighted by molar-refractivity contribution is 5.95. The smallest absolute Gasteiger partial charge is 0.326 e. The Kier molecular flexibility index (Phi) is 7.33. The molecule has 2 saturated heterocycles. The van der Waals surface area contributed by atoms with E-state index >= 15 is 0 Å². The van der Waals surface area contributed by atoms with Gasteiger partial charge in [0, 0.05) is 13.1 Å². The van der Waals surface area contributed by atoms with E-state index in [1.54, 1.807) is 0 Å². The molecule has 5 atom stereocenters. The number of carbonyl (C=O) groups is 4. The van der Waals surface area contributed by atoms with Gasteiger partial charge in [-0.25, -0.2) is 4.79 Å². The van der Waals surface area contributed by atoms with Gasteiger partial charge < -0.3 is 36.2 Å². The molecule has 0 aromatic heterocycles. The average molecular weight is 400 g/mol. The van der Waals surface area contributed by atoms with Gasteiger partial charge in [-0.15, -0.1) is 0 Å². The highest BCUT2D eigenvalue weighted by atomic mass is 16.4. The van der Waals surface area contributed by atoms with Crippen LogP contribution in [0.4, 0.5) is 0 Å². The number of carboxylic acids is 1. The van der Waals surface area contributed by atoms with Gasteiger partial charge in [-0.2, -0.15) is 0 Å². The van der Waals surface area contributed by atoms with Gasteiger partial charge in [0.1, 0.15) is 24.2 Å². The van der Waals surface area contributed by atoms with Crippen molar-refractivity contribution in [1.29, 1.82) is 0 Å². The van der Waals surface area contributed by atoms with E-state index in [1.165, 1.54) is 16.7 Å². The van der Waals surface area contributed by atoms with E-state index < -0.39 is 60.6 Å². The van der Waals surface area contributed by atoms with Crippen molar-refractivity contribution < 1.29 is 34.5 Å². The monoisotopic (exact) mass is 400 g/mol. The molecule has 158 valence electrons. The van der Waals surface area contributed by atoms with Crippen LogP contribution in [0.1, 0.15) is 32.6 Å². The maximum absolute atomic E-state index is 12.9. The van der Waals surface area contributed by atoms with E-state index in [2.05, 4.69) is 5.32 Å². The largest absolute Gasteiger partial charge is 0.480 e. The Morgan fingerprint density at radius 2 is 1.68 bits per heavy atom. The molecule has 0 saturated carbocycles. The average Bonchev–Trinajstić information content (AvgIpc) is 3.33. The standard InChI is InChI=1S/C17H28N4O7/c1-9(23)13(19-14(24)10(18)8-22)16(26)20-6-2-4-11(20)15(25)21-7-3-5-12(21)17(27)28/h9-13,22-23H,2-8,18H2,1H3,(H,19,24)(H,27,28). The topological polar surface area (TPSA) is 174 Å². The number of hydrogen-bond donors (Lipinski definition) is 5. The van der Waals surface area contributed by atoms with Crippen molar-refractivity contribution in [2.24, 2.45) is 5.73 Å². The molecule has 11 nitrogen and oxygen atoms in total. The van der Waals surface area contributed by atoms with Gasteiger partial charge in [-0.3, -0.25) is 14.4 Å². The third kappa shape index (κ3) is 4.59. The Bertz CT molecular complexity index is 627. The lowest BCUT2D eigenvalue weighted by atomic mass is 10.1. The van der Waals surface area contributed by atoms with Crippen LogP contribution in [0.5, 0.6) is 0 Å². The number of hydrogen-bond acceptors (Lipinski definition) is 7. The Balaban J connectivity index is 2.14. The molecule has 2 aliphatic heterocycles. The minimum absolute atomic E-state index is 0.256. The zero-order valence-electron chi connectivity index (χ0n) is 15.8. The maximum Gasteiger partial charge on any atom is 0.326 e. The molecular formula is C17H28N4O7. The summed E-state index contributed by atoms with van der Waals surface area (Å²) in [5, 5.41) is 30.5. The van der Waals surface area contributed by atoms with Gasteiger partial charge in [-0.1, -0.05) is 0 Å². The number of aliphatic carboxylic acids is 1. The second-order valence-electron chi connectivity index (χ2n) is 7.23. The van der Waals surface area contributed by atoms with Crippen molar-refractivity contribution in [2.45, 2.75) is 62.9 Å². The van der Waals surface area contributed by atoms with E-state index in [9.17, 15) is 29.4 Å². The Hall–Kier alpha value is -2.24. The van der Waals surface area contributed by atoms with Crippen LogP contribution in [-0.4, -0.2) is 98.8 Å². The molecule has 2 rings (SSSR count). The van der Waals surface area contributed by atoms with E-state index in [1.807, 2.05) is 0 Å². The molecule has 2 aliphatic rings. The van der Waals surface area contributed by atoms with Crippen LogP contribution in [0.25, 0.3) is 0 Å². The molecule has 11 heteroatoms. The molecule has 2 fully saturated rings. The first-order chi connectivity index (χ1) is 13.2. The highest BCUT2D eigenvalue weighted by Gasteiger charge is 2.44. The number of aliphatic hydroxyl groups excluding tert-OH is 2. The van der Waals surface area contributed by atoms with Crippen LogP contribution in [0.3, 0.4) is 0 Å². The zero-order chi connectivity index (χ0) is 21.0. The van der Waals surface area contributed by atoms with E-state index in [0.717, 1.165) is 0 Å². The molecule has 2 heterocycles. The lowest BCUT2D eigenvalue weighted by molar-refractivity contribution is -0.153. The molecule has 0 radical (unpaired) electrons. The SMILES string of the molecule is CC(O)C(NC(=O)C(N)CO)C(=O)N1CCCC1C(=O)N1CCCC1C(=O)O. The molecule has 5 unspecified atom stereocenters. The van der Waals surface area contributed by atoms with Crippen LogP contribution in [-0.2, 0) is 19.2 Å². The number of carboxylic acid groups (broad SMARTS) is 1. The fourth-order valence-electron chi connectivity index (χ4n) is 3.68. The summed E-state index contributed by atoms with van der Waals surface area (Å²) in [5.74, 6) is -2.95. The Labute approximate surface area is 162 Å². The Morgan fingerprint density at radius 3 is 2.21 bits per heavy atom. The van der Waals surface area contributed by atoms with E-state index in [0.29, 0.717) is 32.2 Å². The van der Waals surface area contributed by atoms with Crippen LogP contribution < -0.4 is 11.1 Å². The predicted octanol–water partition coefficient (Wildman–Crippen LogP) is -2.76. The molecule has 0 spiro atoms. The number of nitrogens with zero attached hydrogens (tertiary/aromatic N) is 2. The first-order valence-electron chi connectivity index (χ1n) is 9.37. The number of carbonyl (C=O) groups excluding carboxylic acids is 3. The fraction of sp³-hybridized carbons (Fsp3) is 0.765. The third-order valence-electron chi connectivity index (χ3n) is 5.22. The number of amides is 3. The van der Waals surface area contributed by atoms with Crippen molar-refractivity contribution in [1.82, 2.24) is 15.1 Å². The minimum atomic E-state index is -1.33. The van der Waals surface area contributed by atoms with Gasteiger partial charge in [0.2, 0.25) is 17.7 Å². The van der Waals surface area contributed by atoms with E-state index in [-0.39, 0.29) is 6.54 Å². The molecule has 28 heavy (non-hydrogen) atoms. The summed E-state index contributed by atoms with van der Waals surface area (Å²) in [6.07, 6.45) is 0.619. The number of aliphatic hydroxyl groups is 2. The summed E-state index contributed by atoms with van der Waals surface area (Å²) in [5.41, 5.74) is 5.44.